The lowest BCUT2D eigenvalue weighted by Gasteiger charge is -2.06. The summed E-state index contributed by atoms with van der Waals surface area (Å²) in [7, 11) is 0. The van der Waals surface area contributed by atoms with Gasteiger partial charge < -0.3 is 4.57 Å². The number of aryl methyl sites for hydroxylation is 2. The molecule has 0 aliphatic heterocycles. The number of fused-ring (bicyclic) bond motifs is 3. The number of nitrogens with zero attached hydrogens (tertiary/aromatic N) is 3. The summed E-state index contributed by atoms with van der Waals surface area (Å²) in [4.78, 5) is 7.02. The van der Waals surface area contributed by atoms with Gasteiger partial charge in [-0.2, -0.15) is 18.3 Å². The van der Waals surface area contributed by atoms with Crippen LogP contribution in [0.4, 0.5) is 13.2 Å². The molecule has 0 aliphatic carbocycles. The Bertz CT molecular complexity index is 1490. The van der Waals surface area contributed by atoms with Gasteiger partial charge in [0.05, 0.1) is 26.1 Å². The van der Waals surface area contributed by atoms with Crippen LogP contribution in [-0.4, -0.2) is 19.7 Å². The van der Waals surface area contributed by atoms with E-state index in [4.69, 9.17) is 0 Å². The number of hydrogen-bond donors (Lipinski definition) is 1. The van der Waals surface area contributed by atoms with E-state index in [9.17, 15) is 13.2 Å². The summed E-state index contributed by atoms with van der Waals surface area (Å²) in [6.45, 7) is 5.50. The molecule has 0 radical (unpaired) electrons. The van der Waals surface area contributed by atoms with E-state index in [1.54, 1.807) is 23.6 Å². The number of H-pyrrole nitrogens is 1. The average Bonchev–Trinajstić information content (AvgIpc) is 3.67. The molecule has 0 amide bonds. The minimum absolute atomic E-state index is 0.186. The Morgan fingerprint density at radius 2 is 1.58 bits per heavy atom. The first-order chi connectivity index (χ1) is 18.4. The van der Waals surface area contributed by atoms with Crippen molar-refractivity contribution < 1.29 is 13.2 Å². The van der Waals surface area contributed by atoms with Crippen molar-refractivity contribution in [2.45, 2.75) is 84.4 Å². The van der Waals surface area contributed by atoms with Gasteiger partial charge in [0.2, 0.25) is 0 Å². The fourth-order valence-electron chi connectivity index (χ4n) is 4.89. The van der Waals surface area contributed by atoms with Gasteiger partial charge >= 0.3 is 6.18 Å². The highest BCUT2D eigenvalue weighted by Gasteiger charge is 2.33. The van der Waals surface area contributed by atoms with Gasteiger partial charge in [0, 0.05) is 28.1 Å². The first-order valence-corrected chi connectivity index (χ1v) is 15.2. The monoisotopic (exact) mass is 558 g/mol. The van der Waals surface area contributed by atoms with E-state index in [0.717, 1.165) is 29.5 Å². The van der Waals surface area contributed by atoms with Crippen molar-refractivity contribution in [2.75, 3.05) is 0 Å². The number of unbranched alkanes of at least 4 members (excludes halogenated alkanes) is 6. The Labute approximate surface area is 228 Å². The number of halogens is 3. The molecule has 9 heteroatoms. The molecule has 5 aromatic rings. The smallest absolute Gasteiger partial charge is 0.339 e. The van der Waals surface area contributed by atoms with Crippen LogP contribution in [0.15, 0.2) is 36.5 Å². The molecule has 1 N–H and O–H groups in total. The SMILES string of the molecule is CCCCCCc1cc2c(s1)c1sc(-c3ccc(-c4cc(C(F)(F)F)[nH]n4)nc3)cc1n2CCCCCC. The topological polar surface area (TPSA) is 46.5 Å². The minimum atomic E-state index is -4.46. The van der Waals surface area contributed by atoms with E-state index in [1.165, 1.54) is 76.7 Å². The Balaban J connectivity index is 1.44. The average molecular weight is 559 g/mol. The summed E-state index contributed by atoms with van der Waals surface area (Å²) >= 11 is 3.71. The Morgan fingerprint density at radius 3 is 2.26 bits per heavy atom. The molecule has 5 aromatic heterocycles. The second-order valence-electron chi connectivity index (χ2n) is 9.87. The Morgan fingerprint density at radius 1 is 0.842 bits per heavy atom. The van der Waals surface area contributed by atoms with Gasteiger partial charge in [0.1, 0.15) is 11.4 Å². The molecule has 0 unspecified atom stereocenters. The van der Waals surface area contributed by atoms with Crippen molar-refractivity contribution in [2.24, 2.45) is 0 Å². The Hall–Kier alpha value is -2.65. The number of pyridine rings is 1. The Kier molecular flexibility index (Phi) is 8.23. The molecule has 0 spiro atoms. The van der Waals surface area contributed by atoms with Crippen molar-refractivity contribution in [3.05, 3.63) is 47.1 Å². The summed E-state index contributed by atoms with van der Waals surface area (Å²) in [6.07, 6.45) is 8.37. The largest absolute Gasteiger partial charge is 0.432 e. The lowest BCUT2D eigenvalue weighted by molar-refractivity contribution is -0.141. The van der Waals surface area contributed by atoms with Crippen LogP contribution in [0.25, 0.3) is 42.3 Å². The van der Waals surface area contributed by atoms with Gasteiger partial charge in [0.15, 0.2) is 0 Å². The molecule has 0 aliphatic rings. The van der Waals surface area contributed by atoms with Crippen LogP contribution >= 0.6 is 22.7 Å². The first-order valence-electron chi connectivity index (χ1n) is 13.5. The molecule has 4 nitrogen and oxygen atoms in total. The van der Waals surface area contributed by atoms with Crippen LogP contribution in [0.1, 0.15) is 75.8 Å². The summed E-state index contributed by atoms with van der Waals surface area (Å²) in [5.74, 6) is 0. The van der Waals surface area contributed by atoms with Crippen LogP contribution in [0.2, 0.25) is 0 Å². The summed E-state index contributed by atoms with van der Waals surface area (Å²) in [5.41, 5.74) is 3.32. The lowest BCUT2D eigenvalue weighted by atomic mass is 10.1. The molecule has 0 saturated carbocycles. The number of rotatable bonds is 12. The lowest BCUT2D eigenvalue weighted by Crippen LogP contribution is -2.04. The minimum Gasteiger partial charge on any atom is -0.339 e. The maximum Gasteiger partial charge on any atom is 0.432 e. The maximum atomic E-state index is 12.9. The molecule has 0 aromatic carbocycles. The predicted octanol–water partition coefficient (Wildman–Crippen LogP) is 10.1. The standard InChI is InChI=1S/C29H33F3N4S2/c1-3-5-7-9-11-20-15-23-27(37-20)28-24(36(23)14-10-8-6-4-2)17-25(38-28)19-12-13-21(33-18-19)22-16-26(35-34-22)29(30,31)32/h12-13,15-18H,3-11,14H2,1-2H3,(H,34,35). The van der Waals surface area contributed by atoms with Crippen LogP contribution in [0.3, 0.4) is 0 Å². The third-order valence-corrected chi connectivity index (χ3v) is 9.49. The predicted molar refractivity (Wildman–Crippen MR) is 153 cm³/mol. The molecule has 5 heterocycles. The molecule has 0 fully saturated rings. The van der Waals surface area contributed by atoms with Gasteiger partial charge in [-0.25, -0.2) is 0 Å². The third-order valence-electron chi connectivity index (χ3n) is 6.97. The van der Waals surface area contributed by atoms with Gasteiger partial charge in [-0.05, 0) is 49.6 Å². The molecule has 5 rings (SSSR count). The fraction of sp³-hybridized carbons (Fsp3) is 0.448. The van der Waals surface area contributed by atoms with Gasteiger partial charge in [-0.1, -0.05) is 52.4 Å². The zero-order chi connectivity index (χ0) is 26.7. The molecule has 0 saturated heterocycles. The van der Waals surface area contributed by atoms with Crippen molar-refractivity contribution >= 4 is 43.1 Å². The van der Waals surface area contributed by atoms with Crippen molar-refractivity contribution in [3.8, 4) is 21.8 Å². The van der Waals surface area contributed by atoms with Crippen LogP contribution in [0.5, 0.6) is 0 Å². The molecular formula is C29H33F3N4S2. The zero-order valence-corrected chi connectivity index (χ0v) is 23.5. The second kappa shape index (κ2) is 11.6. The van der Waals surface area contributed by atoms with Gasteiger partial charge in [0.25, 0.3) is 0 Å². The zero-order valence-electron chi connectivity index (χ0n) is 21.8. The van der Waals surface area contributed by atoms with Gasteiger partial charge in [-0.15, -0.1) is 22.7 Å². The van der Waals surface area contributed by atoms with E-state index in [-0.39, 0.29) is 5.69 Å². The highest BCUT2D eigenvalue weighted by atomic mass is 32.1. The second-order valence-corrected chi connectivity index (χ2v) is 12.1. The highest BCUT2D eigenvalue weighted by molar-refractivity contribution is 7.29. The van der Waals surface area contributed by atoms with Crippen LogP contribution in [-0.2, 0) is 19.1 Å². The van der Waals surface area contributed by atoms with Gasteiger partial charge in [-0.3, -0.25) is 10.1 Å². The van der Waals surface area contributed by atoms with E-state index in [0.29, 0.717) is 5.69 Å². The molecule has 202 valence electrons. The van der Waals surface area contributed by atoms with Crippen molar-refractivity contribution in [1.29, 1.82) is 0 Å². The number of thiophene rings is 2. The highest BCUT2D eigenvalue weighted by Crippen LogP contribution is 2.43. The number of aromatic nitrogens is 4. The van der Waals surface area contributed by atoms with Crippen LogP contribution < -0.4 is 0 Å². The normalized spacial score (nSPS) is 12.3. The van der Waals surface area contributed by atoms with Crippen molar-refractivity contribution in [1.82, 2.24) is 19.7 Å². The molecule has 0 bridgehead atoms. The van der Waals surface area contributed by atoms with Crippen molar-refractivity contribution in [3.63, 3.8) is 0 Å². The quantitative estimate of drug-likeness (QED) is 0.155. The summed E-state index contributed by atoms with van der Waals surface area (Å²) < 4.78 is 44.0. The number of aromatic amines is 1. The van der Waals surface area contributed by atoms with E-state index in [2.05, 4.69) is 45.7 Å². The maximum absolute atomic E-state index is 12.9. The number of alkyl halides is 3. The fourth-order valence-corrected chi connectivity index (χ4v) is 7.39. The number of hydrogen-bond acceptors (Lipinski definition) is 4. The first kappa shape index (κ1) is 26.9. The molecule has 0 atom stereocenters. The summed E-state index contributed by atoms with van der Waals surface area (Å²) in [5, 5.41) is 5.85. The number of nitrogens with one attached hydrogen (secondary N) is 1. The van der Waals surface area contributed by atoms with E-state index in [1.807, 2.05) is 17.4 Å². The van der Waals surface area contributed by atoms with E-state index < -0.39 is 11.9 Å². The summed E-state index contributed by atoms with van der Waals surface area (Å²) in [6, 6.07) is 9.32. The molecular weight excluding hydrogens is 525 g/mol. The van der Waals surface area contributed by atoms with E-state index >= 15 is 0 Å². The van der Waals surface area contributed by atoms with Crippen LogP contribution in [0, 0.1) is 0 Å². The molecule has 38 heavy (non-hydrogen) atoms. The third kappa shape index (κ3) is 5.69.